The lowest BCUT2D eigenvalue weighted by Gasteiger charge is -2.12. The molecule has 8 aromatic carbocycles. The van der Waals surface area contributed by atoms with Gasteiger partial charge in [0, 0.05) is 43.8 Å². The normalized spacial score (nSPS) is 11.6. The summed E-state index contributed by atoms with van der Waals surface area (Å²) in [6.07, 6.45) is 0. The van der Waals surface area contributed by atoms with Gasteiger partial charge in [-0.1, -0.05) is 176 Å². The third kappa shape index (κ3) is 5.31. The molecule has 0 aliphatic heterocycles. The molecule has 0 aliphatic rings. The Bertz CT molecular complexity index is 3220. The van der Waals surface area contributed by atoms with Crippen LogP contribution < -0.4 is 0 Å². The summed E-state index contributed by atoms with van der Waals surface area (Å²) < 4.78 is 9.26. The van der Waals surface area contributed by atoms with Crippen LogP contribution in [0, 0.1) is 0 Å². The number of furan rings is 1. The minimum Gasteiger partial charge on any atom is -0.453 e. The van der Waals surface area contributed by atoms with E-state index in [0.29, 0.717) is 5.82 Å². The van der Waals surface area contributed by atoms with E-state index in [1.165, 1.54) is 16.5 Å². The van der Waals surface area contributed by atoms with Gasteiger partial charge in [-0.25, -0.2) is 9.97 Å². The van der Waals surface area contributed by atoms with Crippen molar-refractivity contribution in [2.45, 2.75) is 0 Å². The molecule has 0 unspecified atom stereocenters. The Labute approximate surface area is 323 Å². The van der Waals surface area contributed by atoms with Crippen molar-refractivity contribution < 1.29 is 4.42 Å². The van der Waals surface area contributed by atoms with E-state index in [0.717, 1.165) is 83.3 Å². The summed E-state index contributed by atoms with van der Waals surface area (Å²) in [7, 11) is 0. The highest BCUT2D eigenvalue weighted by atomic mass is 16.3. The highest BCUT2D eigenvalue weighted by molar-refractivity contribution is 6.14. The predicted molar refractivity (Wildman–Crippen MR) is 231 cm³/mol. The van der Waals surface area contributed by atoms with E-state index in [2.05, 4.69) is 187 Å². The lowest BCUT2D eigenvalue weighted by atomic mass is 10.0. The molecule has 0 fully saturated rings. The van der Waals surface area contributed by atoms with Crippen LogP contribution in [0.2, 0.25) is 0 Å². The molecular formula is C52H33N3O. The molecule has 3 heterocycles. The van der Waals surface area contributed by atoms with E-state index < -0.39 is 0 Å². The second kappa shape index (κ2) is 13.1. The summed E-state index contributed by atoms with van der Waals surface area (Å²) in [6.45, 7) is 0. The van der Waals surface area contributed by atoms with Crippen LogP contribution in [-0.2, 0) is 0 Å². The van der Waals surface area contributed by atoms with Gasteiger partial charge in [-0.15, -0.1) is 0 Å². The zero-order valence-corrected chi connectivity index (χ0v) is 30.3. The van der Waals surface area contributed by atoms with E-state index in [-0.39, 0.29) is 0 Å². The van der Waals surface area contributed by atoms with Gasteiger partial charge in [0.15, 0.2) is 11.4 Å². The Morgan fingerprint density at radius 3 is 1.59 bits per heavy atom. The van der Waals surface area contributed by atoms with E-state index in [9.17, 15) is 0 Å². The largest absolute Gasteiger partial charge is 0.453 e. The number of hydrogen-bond acceptors (Lipinski definition) is 3. The molecule has 0 amide bonds. The maximum absolute atomic E-state index is 6.93. The number of hydrogen-bond donors (Lipinski definition) is 0. The number of para-hydroxylation sites is 3. The molecule has 4 heteroatoms. The number of benzene rings is 8. The van der Waals surface area contributed by atoms with E-state index in [4.69, 9.17) is 14.4 Å². The number of fused-ring (bicyclic) bond motifs is 6. The fourth-order valence-corrected chi connectivity index (χ4v) is 8.14. The third-order valence-electron chi connectivity index (χ3n) is 10.8. The first-order valence-corrected chi connectivity index (χ1v) is 18.9. The zero-order valence-electron chi connectivity index (χ0n) is 30.3. The Kier molecular flexibility index (Phi) is 7.46. The smallest absolute Gasteiger partial charge is 0.160 e. The van der Waals surface area contributed by atoms with Crippen molar-refractivity contribution in [1.29, 1.82) is 0 Å². The average Bonchev–Trinajstić information content (AvgIpc) is 3.83. The molecule has 3 aromatic heterocycles. The summed E-state index contributed by atoms with van der Waals surface area (Å²) in [6, 6.07) is 70.1. The van der Waals surface area contributed by atoms with Crippen LogP contribution in [0.15, 0.2) is 205 Å². The molecule has 0 atom stereocenters. The van der Waals surface area contributed by atoms with E-state index in [1.54, 1.807) is 0 Å². The highest BCUT2D eigenvalue weighted by Gasteiger charge is 2.20. The molecule has 0 spiro atoms. The summed E-state index contributed by atoms with van der Waals surface area (Å²) >= 11 is 0. The van der Waals surface area contributed by atoms with Crippen molar-refractivity contribution in [1.82, 2.24) is 14.5 Å². The molecule has 262 valence electrons. The van der Waals surface area contributed by atoms with Gasteiger partial charge in [0.1, 0.15) is 5.58 Å². The Morgan fingerprint density at radius 2 is 0.857 bits per heavy atom. The molecule has 0 radical (unpaired) electrons. The zero-order chi connectivity index (χ0) is 37.0. The molecule has 11 aromatic rings. The molecule has 0 bridgehead atoms. The van der Waals surface area contributed by atoms with Crippen LogP contribution in [0.5, 0.6) is 0 Å². The van der Waals surface area contributed by atoms with Crippen LogP contribution in [0.1, 0.15) is 0 Å². The maximum atomic E-state index is 6.93. The van der Waals surface area contributed by atoms with Gasteiger partial charge >= 0.3 is 0 Å². The SMILES string of the molecule is c1ccc(-c2ccc(-c3cc(-c4ccccc4)nc(-c4ccc5c6ccccc6n(-c6cccc7c6oc6c(-c8ccccc8)cccc67)c5c4)n3)cc2)cc1. The molecule has 0 N–H and O–H groups in total. The van der Waals surface area contributed by atoms with Crippen molar-refractivity contribution >= 4 is 43.7 Å². The molecule has 11 rings (SSSR count). The van der Waals surface area contributed by atoms with Crippen molar-refractivity contribution in [3.8, 4) is 61.8 Å². The number of nitrogens with zero attached hydrogens (tertiary/aromatic N) is 3. The van der Waals surface area contributed by atoms with Crippen LogP contribution in [0.25, 0.3) is 106 Å². The van der Waals surface area contributed by atoms with Gasteiger partial charge in [-0.05, 0) is 41.0 Å². The van der Waals surface area contributed by atoms with Crippen molar-refractivity contribution in [2.24, 2.45) is 0 Å². The summed E-state index contributed by atoms with van der Waals surface area (Å²) in [5.41, 5.74) is 14.2. The standard InChI is InChI=1S/C52H33N3O/c1-4-14-34(15-5-1)35-26-28-38(29-27-35)46-33-45(37-18-8-3-9-19-37)53-52(54-46)39-30-31-42-41-20-10-11-24-47(41)55(49(42)32-39)48-25-13-23-44-43-22-12-21-40(50(43)56-51(44)48)36-16-6-2-7-17-36/h1-33H. The predicted octanol–water partition coefficient (Wildman–Crippen LogP) is 13.8. The first kappa shape index (κ1) is 31.9. The summed E-state index contributed by atoms with van der Waals surface area (Å²) in [5, 5.41) is 4.50. The van der Waals surface area contributed by atoms with Gasteiger partial charge in [0.05, 0.1) is 28.1 Å². The van der Waals surface area contributed by atoms with Gasteiger partial charge in [-0.2, -0.15) is 0 Å². The van der Waals surface area contributed by atoms with Crippen LogP contribution >= 0.6 is 0 Å². The van der Waals surface area contributed by atoms with Gasteiger partial charge in [0.2, 0.25) is 0 Å². The second-order valence-corrected chi connectivity index (χ2v) is 14.2. The van der Waals surface area contributed by atoms with Gasteiger partial charge < -0.3 is 8.98 Å². The van der Waals surface area contributed by atoms with Crippen molar-refractivity contribution in [3.63, 3.8) is 0 Å². The summed E-state index contributed by atoms with van der Waals surface area (Å²) in [4.78, 5) is 10.4. The highest BCUT2D eigenvalue weighted by Crippen LogP contribution is 2.41. The lowest BCUT2D eigenvalue weighted by Crippen LogP contribution is -1.97. The molecule has 56 heavy (non-hydrogen) atoms. The number of rotatable bonds is 6. The molecule has 0 saturated carbocycles. The van der Waals surface area contributed by atoms with E-state index in [1.807, 2.05) is 18.2 Å². The van der Waals surface area contributed by atoms with Gasteiger partial charge in [-0.3, -0.25) is 0 Å². The summed E-state index contributed by atoms with van der Waals surface area (Å²) in [5.74, 6) is 0.668. The third-order valence-corrected chi connectivity index (χ3v) is 10.8. The quantitative estimate of drug-likeness (QED) is 0.172. The molecule has 0 saturated heterocycles. The minimum atomic E-state index is 0.668. The monoisotopic (exact) mass is 715 g/mol. The number of aromatic nitrogens is 3. The first-order valence-electron chi connectivity index (χ1n) is 18.9. The maximum Gasteiger partial charge on any atom is 0.160 e. The average molecular weight is 716 g/mol. The Balaban J connectivity index is 1.11. The van der Waals surface area contributed by atoms with Crippen molar-refractivity contribution in [3.05, 3.63) is 200 Å². The van der Waals surface area contributed by atoms with Gasteiger partial charge in [0.25, 0.3) is 0 Å². The topological polar surface area (TPSA) is 43.9 Å². The van der Waals surface area contributed by atoms with Crippen molar-refractivity contribution in [2.75, 3.05) is 0 Å². The van der Waals surface area contributed by atoms with Crippen LogP contribution in [0.3, 0.4) is 0 Å². The van der Waals surface area contributed by atoms with E-state index >= 15 is 0 Å². The first-order chi connectivity index (χ1) is 27.8. The minimum absolute atomic E-state index is 0.668. The fraction of sp³-hybridized carbons (Fsp3) is 0. The Morgan fingerprint density at radius 1 is 0.339 bits per heavy atom. The molecular weight excluding hydrogens is 683 g/mol. The lowest BCUT2D eigenvalue weighted by molar-refractivity contribution is 0.667. The van der Waals surface area contributed by atoms with Crippen LogP contribution in [0.4, 0.5) is 0 Å². The van der Waals surface area contributed by atoms with Crippen LogP contribution in [-0.4, -0.2) is 14.5 Å². The second-order valence-electron chi connectivity index (χ2n) is 14.2. The fourth-order valence-electron chi connectivity index (χ4n) is 8.14. The molecule has 4 nitrogen and oxygen atoms in total. The molecule has 0 aliphatic carbocycles. The Hall–Kier alpha value is -7.56.